The van der Waals surface area contributed by atoms with Crippen LogP contribution in [0.5, 0.6) is 11.5 Å². The smallest absolute Gasteiger partial charge is 0.347 e. The Hall–Kier alpha value is -2.23. The molecule has 0 bridgehead atoms. The van der Waals surface area contributed by atoms with Crippen molar-refractivity contribution in [3.63, 3.8) is 0 Å². The van der Waals surface area contributed by atoms with Crippen LogP contribution in [0.2, 0.25) is 0 Å². The highest BCUT2D eigenvalue weighted by molar-refractivity contribution is 5.92. The van der Waals surface area contributed by atoms with Crippen LogP contribution in [0.15, 0.2) is 30.3 Å². The SMILES string of the molecule is CCOC(=O)C1Cc2ccc3ccc(OC)cc3c2O1. The van der Waals surface area contributed by atoms with E-state index in [1.807, 2.05) is 30.3 Å². The first-order valence-corrected chi connectivity index (χ1v) is 6.66. The van der Waals surface area contributed by atoms with Crippen LogP contribution in [0.1, 0.15) is 12.5 Å². The Balaban J connectivity index is 2.00. The molecule has 0 aliphatic carbocycles. The van der Waals surface area contributed by atoms with Gasteiger partial charge in [-0.1, -0.05) is 18.2 Å². The topological polar surface area (TPSA) is 44.8 Å². The van der Waals surface area contributed by atoms with Crippen LogP contribution in [0.4, 0.5) is 0 Å². The normalized spacial score (nSPS) is 16.6. The van der Waals surface area contributed by atoms with Gasteiger partial charge in [-0.15, -0.1) is 0 Å². The second kappa shape index (κ2) is 5.04. The molecule has 0 aromatic heterocycles. The van der Waals surface area contributed by atoms with Gasteiger partial charge in [0.25, 0.3) is 0 Å². The molecule has 0 saturated heterocycles. The summed E-state index contributed by atoms with van der Waals surface area (Å²) in [5.41, 5.74) is 1.03. The van der Waals surface area contributed by atoms with Gasteiger partial charge in [0.05, 0.1) is 13.7 Å². The predicted octanol–water partition coefficient (Wildman–Crippen LogP) is 2.72. The van der Waals surface area contributed by atoms with Crippen molar-refractivity contribution in [3.05, 3.63) is 35.9 Å². The molecule has 2 aromatic rings. The van der Waals surface area contributed by atoms with Crippen LogP contribution < -0.4 is 9.47 Å². The summed E-state index contributed by atoms with van der Waals surface area (Å²) in [4.78, 5) is 11.8. The van der Waals surface area contributed by atoms with Gasteiger partial charge >= 0.3 is 5.97 Å². The van der Waals surface area contributed by atoms with E-state index in [-0.39, 0.29) is 5.97 Å². The van der Waals surface area contributed by atoms with E-state index < -0.39 is 6.10 Å². The van der Waals surface area contributed by atoms with Gasteiger partial charge in [-0.3, -0.25) is 0 Å². The Morgan fingerprint density at radius 3 is 2.90 bits per heavy atom. The van der Waals surface area contributed by atoms with Crippen LogP contribution in [-0.2, 0) is 16.0 Å². The molecule has 0 amide bonds. The minimum absolute atomic E-state index is 0.306. The third-order valence-electron chi connectivity index (χ3n) is 3.48. The van der Waals surface area contributed by atoms with Crippen molar-refractivity contribution < 1.29 is 19.0 Å². The van der Waals surface area contributed by atoms with E-state index in [9.17, 15) is 4.79 Å². The fraction of sp³-hybridized carbons (Fsp3) is 0.312. The summed E-state index contributed by atoms with van der Waals surface area (Å²) < 4.78 is 16.1. The van der Waals surface area contributed by atoms with Crippen molar-refractivity contribution >= 4 is 16.7 Å². The highest BCUT2D eigenvalue weighted by Crippen LogP contribution is 2.38. The number of rotatable bonds is 3. The molecule has 20 heavy (non-hydrogen) atoms. The number of hydrogen-bond donors (Lipinski definition) is 0. The number of carbonyl (C=O) groups excluding carboxylic acids is 1. The fourth-order valence-electron chi connectivity index (χ4n) is 2.49. The molecular weight excluding hydrogens is 256 g/mol. The number of benzene rings is 2. The molecule has 0 spiro atoms. The zero-order chi connectivity index (χ0) is 14.1. The monoisotopic (exact) mass is 272 g/mol. The number of fused-ring (bicyclic) bond motifs is 3. The maximum atomic E-state index is 11.8. The van der Waals surface area contributed by atoms with E-state index in [0.717, 1.165) is 27.8 Å². The first-order chi connectivity index (χ1) is 9.72. The highest BCUT2D eigenvalue weighted by Gasteiger charge is 2.31. The molecular formula is C16H16O4. The molecule has 1 atom stereocenters. The van der Waals surface area contributed by atoms with Crippen LogP contribution >= 0.6 is 0 Å². The van der Waals surface area contributed by atoms with Crippen LogP contribution in [-0.4, -0.2) is 25.8 Å². The highest BCUT2D eigenvalue weighted by atomic mass is 16.6. The van der Waals surface area contributed by atoms with Crippen LogP contribution in [0, 0.1) is 0 Å². The second-order valence-electron chi connectivity index (χ2n) is 4.70. The number of ether oxygens (including phenoxy) is 3. The Bertz CT molecular complexity index is 663. The molecule has 4 heteroatoms. The number of esters is 1. The van der Waals surface area contributed by atoms with Crippen molar-refractivity contribution in [1.29, 1.82) is 0 Å². The summed E-state index contributed by atoms with van der Waals surface area (Å²) in [6.07, 6.45) is 0.0168. The molecule has 104 valence electrons. The summed E-state index contributed by atoms with van der Waals surface area (Å²) in [6.45, 7) is 2.16. The van der Waals surface area contributed by atoms with E-state index >= 15 is 0 Å². The van der Waals surface area contributed by atoms with Crippen molar-refractivity contribution in [3.8, 4) is 11.5 Å². The van der Waals surface area contributed by atoms with Gasteiger partial charge in [-0.05, 0) is 30.0 Å². The van der Waals surface area contributed by atoms with Gasteiger partial charge in [-0.2, -0.15) is 0 Å². The minimum atomic E-state index is -0.540. The molecule has 2 aromatic carbocycles. The Morgan fingerprint density at radius 2 is 2.15 bits per heavy atom. The summed E-state index contributed by atoms with van der Waals surface area (Å²) in [5.74, 6) is 1.23. The van der Waals surface area contributed by atoms with Gasteiger partial charge in [0.15, 0.2) is 6.10 Å². The first-order valence-electron chi connectivity index (χ1n) is 6.66. The van der Waals surface area contributed by atoms with E-state index in [1.54, 1.807) is 14.0 Å². The van der Waals surface area contributed by atoms with Crippen molar-refractivity contribution in [2.24, 2.45) is 0 Å². The molecule has 0 saturated carbocycles. The fourth-order valence-corrected chi connectivity index (χ4v) is 2.49. The molecule has 1 aliphatic rings. The molecule has 0 fully saturated rings. The number of hydrogen-bond acceptors (Lipinski definition) is 4. The zero-order valence-electron chi connectivity index (χ0n) is 11.5. The third-order valence-corrected chi connectivity index (χ3v) is 3.48. The molecule has 0 N–H and O–H groups in total. The predicted molar refractivity (Wildman–Crippen MR) is 75.3 cm³/mol. The molecule has 1 heterocycles. The van der Waals surface area contributed by atoms with Gasteiger partial charge < -0.3 is 14.2 Å². The van der Waals surface area contributed by atoms with Gasteiger partial charge in [0.1, 0.15) is 11.5 Å². The maximum Gasteiger partial charge on any atom is 0.347 e. The standard InChI is InChI=1S/C16H16O4/c1-3-19-16(17)14-8-11-5-4-10-6-7-12(18-2)9-13(10)15(11)20-14/h4-7,9,14H,3,8H2,1-2H3. The van der Waals surface area contributed by atoms with Crippen molar-refractivity contribution in [2.45, 2.75) is 19.4 Å². The number of methoxy groups -OCH3 is 1. The lowest BCUT2D eigenvalue weighted by Gasteiger charge is -2.10. The van der Waals surface area contributed by atoms with E-state index in [4.69, 9.17) is 14.2 Å². The lowest BCUT2D eigenvalue weighted by molar-refractivity contribution is -0.150. The van der Waals surface area contributed by atoms with Crippen LogP contribution in [0.25, 0.3) is 10.8 Å². The van der Waals surface area contributed by atoms with Gasteiger partial charge in [0, 0.05) is 11.8 Å². The average Bonchev–Trinajstić information content (AvgIpc) is 2.91. The largest absolute Gasteiger partial charge is 0.497 e. The van der Waals surface area contributed by atoms with Crippen LogP contribution in [0.3, 0.4) is 0 Å². The zero-order valence-corrected chi connectivity index (χ0v) is 11.5. The first kappa shape index (κ1) is 12.8. The van der Waals surface area contributed by atoms with E-state index in [0.29, 0.717) is 13.0 Å². The Morgan fingerprint density at radius 1 is 1.35 bits per heavy atom. The molecule has 0 radical (unpaired) electrons. The van der Waals surface area contributed by atoms with Crippen molar-refractivity contribution in [1.82, 2.24) is 0 Å². The Labute approximate surface area is 117 Å². The maximum absolute atomic E-state index is 11.8. The summed E-state index contributed by atoms with van der Waals surface area (Å²) in [7, 11) is 1.63. The second-order valence-corrected chi connectivity index (χ2v) is 4.70. The quantitative estimate of drug-likeness (QED) is 0.806. The molecule has 3 rings (SSSR count). The lowest BCUT2D eigenvalue weighted by Crippen LogP contribution is -2.27. The van der Waals surface area contributed by atoms with E-state index in [1.165, 1.54) is 0 Å². The van der Waals surface area contributed by atoms with Gasteiger partial charge in [0.2, 0.25) is 0 Å². The molecule has 4 nitrogen and oxygen atoms in total. The molecule has 1 aliphatic heterocycles. The minimum Gasteiger partial charge on any atom is -0.497 e. The van der Waals surface area contributed by atoms with Crippen molar-refractivity contribution in [2.75, 3.05) is 13.7 Å². The Kier molecular flexibility index (Phi) is 3.22. The summed E-state index contributed by atoms with van der Waals surface area (Å²) in [6, 6.07) is 9.86. The van der Waals surface area contributed by atoms with Gasteiger partial charge in [-0.25, -0.2) is 4.79 Å². The lowest BCUT2D eigenvalue weighted by atomic mass is 10.0. The average molecular weight is 272 g/mol. The summed E-state index contributed by atoms with van der Waals surface area (Å²) >= 11 is 0. The van der Waals surface area contributed by atoms with E-state index in [2.05, 4.69) is 0 Å². The summed E-state index contributed by atoms with van der Waals surface area (Å²) in [5, 5.41) is 2.03. The number of carbonyl (C=O) groups is 1. The third kappa shape index (κ3) is 2.07. The molecule has 1 unspecified atom stereocenters.